The molecule has 0 aliphatic heterocycles. The van der Waals surface area contributed by atoms with Gasteiger partial charge in [0.05, 0.1) is 5.75 Å². The summed E-state index contributed by atoms with van der Waals surface area (Å²) >= 11 is 1.62. The summed E-state index contributed by atoms with van der Waals surface area (Å²) in [5.41, 5.74) is 0.937. The largest absolute Gasteiger partial charge is 0.420 e. The summed E-state index contributed by atoms with van der Waals surface area (Å²) in [5, 5.41) is 17.9. The molecule has 0 bridgehead atoms. The van der Waals surface area contributed by atoms with Gasteiger partial charge in [0.2, 0.25) is 11.8 Å². The number of aryl methyl sites for hydroxylation is 1. The fourth-order valence-electron chi connectivity index (χ4n) is 3.34. The highest BCUT2D eigenvalue weighted by molar-refractivity contribution is 7.98. The van der Waals surface area contributed by atoms with Crippen molar-refractivity contribution in [3.8, 4) is 11.5 Å². The van der Waals surface area contributed by atoms with Crippen LogP contribution in [0.4, 0.5) is 0 Å². The van der Waals surface area contributed by atoms with Gasteiger partial charge in [-0.1, -0.05) is 49.2 Å². The second kappa shape index (κ2) is 7.39. The monoisotopic (exact) mass is 355 g/mol. The van der Waals surface area contributed by atoms with E-state index >= 15 is 0 Å². The molecule has 2 heterocycles. The van der Waals surface area contributed by atoms with E-state index < -0.39 is 0 Å². The highest BCUT2D eigenvalue weighted by Gasteiger charge is 2.21. The van der Waals surface area contributed by atoms with E-state index in [4.69, 9.17) is 4.42 Å². The minimum atomic E-state index is 0.522. The number of aromatic nitrogens is 5. The first-order valence-electron chi connectivity index (χ1n) is 8.73. The number of hydrogen-bond acceptors (Lipinski definition) is 6. The van der Waals surface area contributed by atoms with E-state index in [2.05, 4.69) is 25.0 Å². The Morgan fingerprint density at radius 3 is 2.64 bits per heavy atom. The van der Waals surface area contributed by atoms with Crippen LogP contribution in [0.5, 0.6) is 0 Å². The summed E-state index contributed by atoms with van der Waals surface area (Å²) in [6.45, 7) is 2.03. The summed E-state index contributed by atoms with van der Waals surface area (Å²) in [4.78, 5) is 0. The molecule has 0 saturated heterocycles. The van der Waals surface area contributed by atoms with E-state index in [0.717, 1.165) is 16.5 Å². The quantitative estimate of drug-likeness (QED) is 0.630. The van der Waals surface area contributed by atoms with Crippen LogP contribution in [0.25, 0.3) is 11.5 Å². The average molecular weight is 355 g/mol. The zero-order valence-electron chi connectivity index (χ0n) is 14.3. The van der Waals surface area contributed by atoms with Crippen molar-refractivity contribution >= 4 is 11.8 Å². The van der Waals surface area contributed by atoms with Crippen LogP contribution in [-0.2, 0) is 5.75 Å². The lowest BCUT2D eigenvalue weighted by Crippen LogP contribution is -2.15. The summed E-state index contributed by atoms with van der Waals surface area (Å²) in [7, 11) is 0. The van der Waals surface area contributed by atoms with Crippen molar-refractivity contribution in [2.45, 2.75) is 56.0 Å². The smallest absolute Gasteiger partial charge is 0.247 e. The fraction of sp³-hybridized carbons (Fsp3) is 0.444. The molecule has 0 atom stereocenters. The van der Waals surface area contributed by atoms with E-state index in [-0.39, 0.29) is 0 Å². The lowest BCUT2D eigenvalue weighted by Gasteiger charge is -2.24. The maximum Gasteiger partial charge on any atom is 0.247 e. The highest BCUT2D eigenvalue weighted by Crippen LogP contribution is 2.33. The molecule has 3 aromatic rings. The molecule has 1 saturated carbocycles. The molecule has 0 radical (unpaired) electrons. The van der Waals surface area contributed by atoms with Crippen LogP contribution in [0.2, 0.25) is 0 Å². The predicted molar refractivity (Wildman–Crippen MR) is 96.2 cm³/mol. The van der Waals surface area contributed by atoms with Gasteiger partial charge in [-0.2, -0.15) is 0 Å². The molecule has 4 rings (SSSR count). The van der Waals surface area contributed by atoms with E-state index in [9.17, 15) is 0 Å². The fourth-order valence-corrected chi connectivity index (χ4v) is 4.23. The van der Waals surface area contributed by atoms with Crippen molar-refractivity contribution < 1.29 is 4.42 Å². The van der Waals surface area contributed by atoms with Crippen molar-refractivity contribution in [3.63, 3.8) is 0 Å². The molecule has 2 aromatic heterocycles. The van der Waals surface area contributed by atoms with Gasteiger partial charge >= 0.3 is 0 Å². The van der Waals surface area contributed by atoms with E-state index in [0.29, 0.717) is 23.6 Å². The van der Waals surface area contributed by atoms with Crippen molar-refractivity contribution in [3.05, 3.63) is 42.0 Å². The average Bonchev–Trinajstić information content (AvgIpc) is 3.28. The van der Waals surface area contributed by atoms with Crippen LogP contribution < -0.4 is 0 Å². The molecule has 6 nitrogen and oxygen atoms in total. The van der Waals surface area contributed by atoms with Gasteiger partial charge in [-0.3, -0.25) is 0 Å². The molecule has 25 heavy (non-hydrogen) atoms. The van der Waals surface area contributed by atoms with Crippen LogP contribution in [0.3, 0.4) is 0 Å². The summed E-state index contributed by atoms with van der Waals surface area (Å²) < 4.78 is 8.07. The normalized spacial score (nSPS) is 15.6. The van der Waals surface area contributed by atoms with Gasteiger partial charge in [-0.25, -0.2) is 0 Å². The van der Waals surface area contributed by atoms with Crippen molar-refractivity contribution in [1.82, 2.24) is 25.0 Å². The van der Waals surface area contributed by atoms with Gasteiger partial charge in [-0.15, -0.1) is 20.4 Å². The Kier molecular flexibility index (Phi) is 4.83. The second-order valence-electron chi connectivity index (χ2n) is 6.35. The number of benzene rings is 1. The molecule has 0 N–H and O–H groups in total. The number of hydrogen-bond donors (Lipinski definition) is 0. The summed E-state index contributed by atoms with van der Waals surface area (Å²) in [6, 6.07) is 10.3. The van der Waals surface area contributed by atoms with E-state index in [1.54, 1.807) is 11.8 Å². The van der Waals surface area contributed by atoms with Crippen LogP contribution >= 0.6 is 11.8 Å². The number of thioether (sulfide) groups is 1. The van der Waals surface area contributed by atoms with E-state index in [1.165, 1.54) is 32.1 Å². The van der Waals surface area contributed by atoms with Gasteiger partial charge in [0.15, 0.2) is 5.16 Å². The molecule has 7 heteroatoms. The first-order chi connectivity index (χ1) is 12.3. The zero-order valence-corrected chi connectivity index (χ0v) is 15.1. The maximum atomic E-state index is 5.78. The van der Waals surface area contributed by atoms with E-state index in [1.807, 2.05) is 37.3 Å². The topological polar surface area (TPSA) is 69.6 Å². The zero-order chi connectivity index (χ0) is 17.1. The minimum absolute atomic E-state index is 0.522. The van der Waals surface area contributed by atoms with Crippen LogP contribution in [-0.4, -0.2) is 25.0 Å². The Balaban J connectivity index is 1.46. The second-order valence-corrected chi connectivity index (χ2v) is 7.29. The number of nitrogens with zero attached hydrogens (tertiary/aromatic N) is 5. The lowest BCUT2D eigenvalue weighted by molar-refractivity contribution is 0.332. The van der Waals surface area contributed by atoms with Crippen molar-refractivity contribution in [2.75, 3.05) is 0 Å². The molecular weight excluding hydrogens is 334 g/mol. The Bertz CT molecular complexity index is 823. The minimum Gasteiger partial charge on any atom is -0.420 e. The molecule has 130 valence electrons. The predicted octanol–water partition coefficient (Wildman–Crippen LogP) is 4.43. The third-order valence-corrected chi connectivity index (χ3v) is 5.51. The molecule has 0 amide bonds. The van der Waals surface area contributed by atoms with Crippen LogP contribution in [0, 0.1) is 6.92 Å². The highest BCUT2D eigenvalue weighted by atomic mass is 32.2. The Morgan fingerprint density at radius 1 is 1.04 bits per heavy atom. The lowest BCUT2D eigenvalue weighted by atomic mass is 9.95. The van der Waals surface area contributed by atoms with Gasteiger partial charge in [0, 0.05) is 11.6 Å². The Hall–Kier alpha value is -2.15. The molecule has 0 spiro atoms. The molecule has 1 fully saturated rings. The molecule has 0 unspecified atom stereocenters. The third kappa shape index (κ3) is 3.61. The first kappa shape index (κ1) is 16.3. The molecular formula is C18H21N5OS. The van der Waals surface area contributed by atoms with Crippen molar-refractivity contribution in [2.24, 2.45) is 0 Å². The third-order valence-electron chi connectivity index (χ3n) is 4.59. The number of rotatable bonds is 5. The summed E-state index contributed by atoms with van der Waals surface area (Å²) in [5.74, 6) is 2.76. The Morgan fingerprint density at radius 2 is 1.84 bits per heavy atom. The standard InChI is InChI=1S/C18H21N5OS/c1-13-19-22-18(23(13)15-10-6-3-7-11-15)25-12-16-20-21-17(24-16)14-8-4-2-5-9-14/h2,4-5,8-9,15H,3,6-7,10-12H2,1H3. The van der Waals surface area contributed by atoms with Crippen LogP contribution in [0.15, 0.2) is 39.9 Å². The molecule has 1 aromatic carbocycles. The molecule has 1 aliphatic carbocycles. The summed E-state index contributed by atoms with van der Waals surface area (Å²) in [6.07, 6.45) is 6.34. The maximum absolute atomic E-state index is 5.78. The van der Waals surface area contributed by atoms with Gasteiger partial charge in [0.1, 0.15) is 5.82 Å². The van der Waals surface area contributed by atoms with Crippen molar-refractivity contribution in [1.29, 1.82) is 0 Å². The first-order valence-corrected chi connectivity index (χ1v) is 9.72. The van der Waals surface area contributed by atoms with Gasteiger partial charge in [-0.05, 0) is 31.9 Å². The van der Waals surface area contributed by atoms with Crippen LogP contribution in [0.1, 0.15) is 49.9 Å². The Labute approximate surface area is 151 Å². The SMILES string of the molecule is Cc1nnc(SCc2nnc(-c3ccccc3)o2)n1C1CCCCC1. The van der Waals surface area contributed by atoms with Gasteiger partial charge < -0.3 is 8.98 Å². The molecule has 1 aliphatic rings. The van der Waals surface area contributed by atoms with Gasteiger partial charge in [0.25, 0.3) is 0 Å².